The van der Waals surface area contributed by atoms with Crippen LogP contribution < -0.4 is 5.32 Å². The van der Waals surface area contributed by atoms with Gasteiger partial charge in [-0.05, 0) is 82.7 Å². The van der Waals surface area contributed by atoms with Gasteiger partial charge >= 0.3 is 12.1 Å². The van der Waals surface area contributed by atoms with Crippen LogP contribution in [0.2, 0.25) is 0 Å². The molecule has 0 spiro atoms. The van der Waals surface area contributed by atoms with Crippen molar-refractivity contribution in [1.82, 2.24) is 10.2 Å². The normalized spacial score (nSPS) is 19.2. The monoisotopic (exact) mass is 524 g/mol. The summed E-state index contributed by atoms with van der Waals surface area (Å²) >= 11 is 1.61. The lowest BCUT2D eigenvalue weighted by Gasteiger charge is -2.34. The third-order valence-electron chi connectivity index (χ3n) is 6.90. The number of esters is 1. The Balaban J connectivity index is 1.50. The minimum atomic E-state index is -0.529. The predicted molar refractivity (Wildman–Crippen MR) is 145 cm³/mol. The fraction of sp³-hybridized carbons (Fsp3) is 0.483. The number of amides is 1. The van der Waals surface area contributed by atoms with Crippen LogP contribution in [0.5, 0.6) is 0 Å². The SMILES string of the molecule is CC(=O)C1=C(C)NC(C)=C(C(=O)OCC2CCN(C(=O)OC(C)(C)C)CC2)C1c1csc2ccccc12. The molecule has 3 heterocycles. The van der Waals surface area contributed by atoms with Gasteiger partial charge in [0.25, 0.3) is 0 Å². The Kier molecular flexibility index (Phi) is 7.78. The second-order valence-corrected chi connectivity index (χ2v) is 11.8. The third kappa shape index (κ3) is 5.90. The number of benzene rings is 1. The van der Waals surface area contributed by atoms with Crippen molar-refractivity contribution in [2.24, 2.45) is 5.92 Å². The molecule has 4 rings (SSSR count). The first-order chi connectivity index (χ1) is 17.5. The Bertz CT molecular complexity index is 1270. The molecule has 1 atom stereocenters. The van der Waals surface area contributed by atoms with Crippen LogP contribution in [0.1, 0.15) is 65.9 Å². The van der Waals surface area contributed by atoms with Crippen LogP contribution >= 0.6 is 11.3 Å². The van der Waals surface area contributed by atoms with Gasteiger partial charge in [-0.25, -0.2) is 9.59 Å². The average Bonchev–Trinajstić information content (AvgIpc) is 3.25. The Morgan fingerprint density at radius 3 is 2.35 bits per heavy atom. The molecular weight excluding hydrogens is 488 g/mol. The number of carbonyl (C=O) groups is 3. The molecule has 0 radical (unpaired) electrons. The van der Waals surface area contributed by atoms with Crippen LogP contribution in [0.15, 0.2) is 52.2 Å². The van der Waals surface area contributed by atoms with Gasteiger partial charge in [0.15, 0.2) is 5.78 Å². The second kappa shape index (κ2) is 10.7. The lowest BCUT2D eigenvalue weighted by Crippen LogP contribution is -2.42. The van der Waals surface area contributed by atoms with E-state index in [-0.39, 0.29) is 24.4 Å². The smallest absolute Gasteiger partial charge is 0.410 e. The fourth-order valence-electron chi connectivity index (χ4n) is 5.14. The Morgan fingerprint density at radius 2 is 1.70 bits per heavy atom. The first-order valence-electron chi connectivity index (χ1n) is 12.8. The summed E-state index contributed by atoms with van der Waals surface area (Å²) in [7, 11) is 0. The zero-order valence-corrected chi connectivity index (χ0v) is 23.3. The number of ether oxygens (including phenoxy) is 2. The molecule has 1 fully saturated rings. The molecule has 1 aromatic heterocycles. The van der Waals surface area contributed by atoms with Crippen molar-refractivity contribution in [1.29, 1.82) is 0 Å². The van der Waals surface area contributed by atoms with E-state index in [0.717, 1.165) is 34.2 Å². The molecule has 1 unspecified atom stereocenters. The highest BCUT2D eigenvalue weighted by molar-refractivity contribution is 7.17. The number of allylic oxidation sites excluding steroid dienone is 3. The molecule has 37 heavy (non-hydrogen) atoms. The van der Waals surface area contributed by atoms with Crippen LogP contribution in [0.25, 0.3) is 10.1 Å². The zero-order chi connectivity index (χ0) is 26.9. The second-order valence-electron chi connectivity index (χ2n) is 10.9. The third-order valence-corrected chi connectivity index (χ3v) is 7.88. The summed E-state index contributed by atoms with van der Waals surface area (Å²) in [5, 5.41) is 6.33. The molecule has 2 aromatic rings. The number of thiophene rings is 1. The van der Waals surface area contributed by atoms with Gasteiger partial charge in [-0.1, -0.05) is 18.2 Å². The number of hydrogen-bond donors (Lipinski definition) is 1. The minimum absolute atomic E-state index is 0.0717. The van der Waals surface area contributed by atoms with E-state index in [1.807, 2.05) is 64.3 Å². The van der Waals surface area contributed by atoms with Gasteiger partial charge < -0.3 is 19.7 Å². The number of likely N-dealkylation sites (tertiary alicyclic amines) is 1. The van der Waals surface area contributed by atoms with E-state index in [2.05, 4.69) is 5.32 Å². The number of dihydropyridines is 1. The van der Waals surface area contributed by atoms with Crippen LogP contribution in [-0.2, 0) is 19.1 Å². The first-order valence-corrected chi connectivity index (χ1v) is 13.6. The molecule has 0 aliphatic carbocycles. The highest BCUT2D eigenvalue weighted by atomic mass is 32.1. The molecule has 2 aliphatic rings. The number of ketones is 1. The van der Waals surface area contributed by atoms with Crippen molar-refractivity contribution in [2.45, 2.75) is 65.9 Å². The van der Waals surface area contributed by atoms with Crippen LogP contribution in [0.3, 0.4) is 0 Å². The molecule has 2 aliphatic heterocycles. The lowest BCUT2D eigenvalue weighted by molar-refractivity contribution is -0.141. The van der Waals surface area contributed by atoms with Crippen molar-refractivity contribution in [3.63, 3.8) is 0 Å². The van der Waals surface area contributed by atoms with Crippen molar-refractivity contribution >= 4 is 39.3 Å². The van der Waals surface area contributed by atoms with Gasteiger partial charge in [0.1, 0.15) is 5.60 Å². The van der Waals surface area contributed by atoms with Gasteiger partial charge in [-0.2, -0.15) is 0 Å². The number of nitrogens with one attached hydrogen (secondary N) is 1. The molecule has 0 bridgehead atoms. The summed E-state index contributed by atoms with van der Waals surface area (Å²) in [6.45, 7) is 12.3. The Hall–Kier alpha value is -3.13. The molecule has 7 nitrogen and oxygen atoms in total. The van der Waals surface area contributed by atoms with Crippen LogP contribution in [-0.4, -0.2) is 48.0 Å². The summed E-state index contributed by atoms with van der Waals surface area (Å²) in [6, 6.07) is 8.05. The molecule has 1 aromatic carbocycles. The fourth-order valence-corrected chi connectivity index (χ4v) is 6.13. The standard InChI is InChI=1S/C29H36N2O5S/c1-17-24(19(3)32)26(22-16-37-23-10-8-7-9-21(22)23)25(18(2)30-17)27(33)35-15-20-11-13-31(14-12-20)28(34)36-29(4,5)6/h7-10,16,20,26,30H,11-15H2,1-6H3. The molecule has 8 heteroatoms. The number of carbonyl (C=O) groups excluding carboxylic acids is 3. The van der Waals surface area contributed by atoms with E-state index in [9.17, 15) is 14.4 Å². The summed E-state index contributed by atoms with van der Waals surface area (Å²) in [5.74, 6) is -0.815. The van der Waals surface area contributed by atoms with Crippen molar-refractivity contribution in [3.05, 3.63) is 57.7 Å². The molecule has 1 N–H and O–H groups in total. The number of nitrogens with zero attached hydrogens (tertiary/aromatic N) is 1. The quantitative estimate of drug-likeness (QED) is 0.489. The number of fused-ring (bicyclic) bond motifs is 1. The van der Waals surface area contributed by atoms with E-state index in [1.54, 1.807) is 23.2 Å². The maximum Gasteiger partial charge on any atom is 0.410 e. The van der Waals surface area contributed by atoms with Gasteiger partial charge in [0.2, 0.25) is 0 Å². The summed E-state index contributed by atoms with van der Waals surface area (Å²) < 4.78 is 12.5. The van der Waals surface area contributed by atoms with E-state index in [0.29, 0.717) is 29.9 Å². The van der Waals surface area contributed by atoms with Crippen molar-refractivity contribution in [2.75, 3.05) is 19.7 Å². The maximum absolute atomic E-state index is 13.6. The molecule has 1 amide bonds. The number of piperidine rings is 1. The highest BCUT2D eigenvalue weighted by Gasteiger charge is 2.37. The predicted octanol–water partition coefficient (Wildman–Crippen LogP) is 5.92. The van der Waals surface area contributed by atoms with E-state index in [1.165, 1.54) is 0 Å². The molecular formula is C29H36N2O5S. The van der Waals surface area contributed by atoms with E-state index < -0.39 is 17.5 Å². The topological polar surface area (TPSA) is 84.9 Å². The van der Waals surface area contributed by atoms with Gasteiger partial charge in [0.05, 0.1) is 12.2 Å². The summed E-state index contributed by atoms with van der Waals surface area (Å²) in [6.07, 6.45) is 1.17. The molecule has 0 saturated carbocycles. The number of Topliss-reactive ketones (excluding diaryl/α,β-unsaturated/α-hetero) is 1. The van der Waals surface area contributed by atoms with Gasteiger partial charge in [-0.3, -0.25) is 4.79 Å². The Labute approximate surface area is 222 Å². The van der Waals surface area contributed by atoms with Crippen LogP contribution in [0, 0.1) is 5.92 Å². The van der Waals surface area contributed by atoms with Crippen LogP contribution in [0.4, 0.5) is 4.79 Å². The average molecular weight is 525 g/mol. The van der Waals surface area contributed by atoms with Crippen molar-refractivity contribution in [3.8, 4) is 0 Å². The van der Waals surface area contributed by atoms with Gasteiger partial charge in [-0.15, -0.1) is 11.3 Å². The molecule has 198 valence electrons. The van der Waals surface area contributed by atoms with Crippen molar-refractivity contribution < 1.29 is 23.9 Å². The first kappa shape index (κ1) is 26.9. The van der Waals surface area contributed by atoms with E-state index >= 15 is 0 Å². The highest BCUT2D eigenvalue weighted by Crippen LogP contribution is 2.43. The molecule has 1 saturated heterocycles. The number of rotatable bonds is 5. The Morgan fingerprint density at radius 1 is 1.05 bits per heavy atom. The number of hydrogen-bond acceptors (Lipinski definition) is 7. The lowest BCUT2D eigenvalue weighted by atomic mass is 9.79. The minimum Gasteiger partial charge on any atom is -0.462 e. The van der Waals surface area contributed by atoms with Gasteiger partial charge in [0, 0.05) is 40.7 Å². The van der Waals surface area contributed by atoms with E-state index in [4.69, 9.17) is 9.47 Å². The summed E-state index contributed by atoms with van der Waals surface area (Å²) in [4.78, 5) is 40.4. The zero-order valence-electron chi connectivity index (χ0n) is 22.5. The largest absolute Gasteiger partial charge is 0.462 e. The summed E-state index contributed by atoms with van der Waals surface area (Å²) in [5.41, 5.74) is 2.95. The maximum atomic E-state index is 13.6.